The maximum absolute atomic E-state index is 5.95. The number of halogens is 1. The zero-order valence-corrected chi connectivity index (χ0v) is 21.9. The summed E-state index contributed by atoms with van der Waals surface area (Å²) in [5, 5.41) is 6.65. The van der Waals surface area contributed by atoms with Gasteiger partial charge in [0.1, 0.15) is 18.1 Å². The molecule has 7 nitrogen and oxygen atoms in total. The fourth-order valence-corrected chi connectivity index (χ4v) is 2.78. The highest BCUT2D eigenvalue weighted by molar-refractivity contribution is 14.0. The number of nitrogens with zero attached hydrogens (tertiary/aromatic N) is 2. The predicted molar refractivity (Wildman–Crippen MR) is 143 cm³/mol. The van der Waals surface area contributed by atoms with Crippen molar-refractivity contribution in [2.75, 3.05) is 59.4 Å². The maximum Gasteiger partial charge on any atom is 0.196 e. The number of para-hydroxylation sites is 1. The average Bonchev–Trinajstić information content (AvgIpc) is 2.76. The molecule has 0 saturated carbocycles. The number of ether oxygens (including phenoxy) is 3. The monoisotopic (exact) mass is 556 g/mol. The number of hydrogen-bond acceptors (Lipinski definition) is 5. The van der Waals surface area contributed by atoms with Crippen LogP contribution in [0.25, 0.3) is 0 Å². The molecule has 2 aromatic rings. The Morgan fingerprint density at radius 1 is 1.00 bits per heavy atom. The van der Waals surface area contributed by atoms with Crippen molar-refractivity contribution in [3.8, 4) is 11.5 Å². The molecule has 2 aromatic carbocycles. The van der Waals surface area contributed by atoms with Gasteiger partial charge in [-0.05, 0) is 39.2 Å². The second-order valence-corrected chi connectivity index (χ2v) is 7.30. The third kappa shape index (κ3) is 11.0. The van der Waals surface area contributed by atoms with Gasteiger partial charge in [-0.15, -0.1) is 24.0 Å². The van der Waals surface area contributed by atoms with Crippen molar-refractivity contribution in [3.05, 3.63) is 54.1 Å². The Morgan fingerprint density at radius 2 is 1.81 bits per heavy atom. The number of hydrogen-bond donors (Lipinski definition) is 2. The first-order valence-electron chi connectivity index (χ1n) is 10.7. The fraction of sp³-hybridized carbons (Fsp3) is 0.458. The van der Waals surface area contributed by atoms with Gasteiger partial charge in [0.15, 0.2) is 5.96 Å². The van der Waals surface area contributed by atoms with Crippen LogP contribution in [0.15, 0.2) is 53.5 Å². The third-order valence-corrected chi connectivity index (χ3v) is 4.38. The van der Waals surface area contributed by atoms with Gasteiger partial charge in [0.25, 0.3) is 0 Å². The van der Waals surface area contributed by atoms with E-state index in [9.17, 15) is 0 Å². The molecule has 0 aliphatic rings. The zero-order chi connectivity index (χ0) is 22.3. The summed E-state index contributed by atoms with van der Waals surface area (Å²) >= 11 is 0. The Kier molecular flexibility index (Phi) is 14.5. The number of nitrogens with one attached hydrogen (secondary N) is 2. The Labute approximate surface area is 209 Å². The van der Waals surface area contributed by atoms with Crippen LogP contribution in [-0.2, 0) is 11.3 Å². The van der Waals surface area contributed by atoms with Crippen LogP contribution in [0, 0.1) is 0 Å². The number of benzene rings is 2. The topological polar surface area (TPSA) is 67.4 Å². The first-order chi connectivity index (χ1) is 15.1. The van der Waals surface area contributed by atoms with Gasteiger partial charge in [0, 0.05) is 50.5 Å². The SMILES string of the molecule is CCNC(=NCc1ccccc1OCCN(C)C)Nc1cccc(OCCCOC)c1.I. The van der Waals surface area contributed by atoms with Gasteiger partial charge >= 0.3 is 0 Å². The molecular weight excluding hydrogens is 519 g/mol. The quantitative estimate of drug-likeness (QED) is 0.167. The number of likely N-dealkylation sites (N-methyl/N-ethyl adjacent to an activating group) is 1. The largest absolute Gasteiger partial charge is 0.493 e. The van der Waals surface area contributed by atoms with Gasteiger partial charge in [-0.1, -0.05) is 24.3 Å². The van der Waals surface area contributed by atoms with E-state index in [2.05, 4.69) is 15.5 Å². The summed E-state index contributed by atoms with van der Waals surface area (Å²) in [7, 11) is 5.77. The molecule has 0 radical (unpaired) electrons. The van der Waals surface area contributed by atoms with Crippen molar-refractivity contribution in [1.29, 1.82) is 0 Å². The summed E-state index contributed by atoms with van der Waals surface area (Å²) in [6.07, 6.45) is 0.855. The molecule has 0 aromatic heterocycles. The lowest BCUT2D eigenvalue weighted by atomic mass is 10.2. The summed E-state index contributed by atoms with van der Waals surface area (Å²) in [6, 6.07) is 15.9. The first kappa shape index (κ1) is 28.0. The summed E-state index contributed by atoms with van der Waals surface area (Å²) in [5.74, 6) is 2.40. The second-order valence-electron chi connectivity index (χ2n) is 7.30. The van der Waals surface area contributed by atoms with Crippen LogP contribution in [0.4, 0.5) is 5.69 Å². The Morgan fingerprint density at radius 3 is 2.56 bits per heavy atom. The summed E-state index contributed by atoms with van der Waals surface area (Å²) in [6.45, 7) is 6.14. The van der Waals surface area contributed by atoms with E-state index in [0.717, 1.165) is 42.3 Å². The molecule has 0 unspecified atom stereocenters. The Bertz CT molecular complexity index is 802. The van der Waals surface area contributed by atoms with Gasteiger partial charge in [0.05, 0.1) is 13.2 Å². The van der Waals surface area contributed by atoms with E-state index < -0.39 is 0 Å². The highest BCUT2D eigenvalue weighted by Gasteiger charge is 2.05. The van der Waals surface area contributed by atoms with Gasteiger partial charge in [-0.3, -0.25) is 0 Å². The molecule has 8 heteroatoms. The fourth-order valence-electron chi connectivity index (χ4n) is 2.78. The van der Waals surface area contributed by atoms with Gasteiger partial charge in [0.2, 0.25) is 0 Å². The first-order valence-corrected chi connectivity index (χ1v) is 10.7. The van der Waals surface area contributed by atoms with Crippen molar-refractivity contribution in [3.63, 3.8) is 0 Å². The van der Waals surface area contributed by atoms with E-state index in [1.807, 2.05) is 69.6 Å². The standard InChI is InChI=1S/C24H36N4O3.HI/c1-5-25-24(27-21-11-8-12-22(18-21)30-16-9-15-29-4)26-19-20-10-6-7-13-23(20)31-17-14-28(2)3;/h6-8,10-13,18H,5,9,14-17,19H2,1-4H3,(H2,25,26,27);1H. The van der Waals surface area contributed by atoms with Crippen molar-refractivity contribution in [2.45, 2.75) is 19.9 Å². The van der Waals surface area contributed by atoms with Crippen molar-refractivity contribution >= 4 is 35.6 Å². The zero-order valence-electron chi connectivity index (χ0n) is 19.6. The average molecular weight is 556 g/mol. The van der Waals surface area contributed by atoms with E-state index >= 15 is 0 Å². The minimum Gasteiger partial charge on any atom is -0.493 e. The highest BCUT2D eigenvalue weighted by Crippen LogP contribution is 2.20. The molecule has 0 saturated heterocycles. The lowest BCUT2D eigenvalue weighted by Gasteiger charge is -2.15. The van der Waals surface area contributed by atoms with Crippen LogP contribution < -0.4 is 20.1 Å². The molecule has 2 rings (SSSR count). The normalized spacial score (nSPS) is 11.1. The molecule has 32 heavy (non-hydrogen) atoms. The van der Waals surface area contributed by atoms with Crippen LogP contribution in [0.1, 0.15) is 18.9 Å². The van der Waals surface area contributed by atoms with Gasteiger partial charge < -0.3 is 29.7 Å². The molecule has 0 amide bonds. The summed E-state index contributed by atoms with van der Waals surface area (Å²) < 4.78 is 16.8. The van der Waals surface area contributed by atoms with Crippen LogP contribution in [0.3, 0.4) is 0 Å². The minimum atomic E-state index is 0. The van der Waals surface area contributed by atoms with E-state index in [0.29, 0.717) is 32.3 Å². The number of guanidine groups is 1. The van der Waals surface area contributed by atoms with Crippen molar-refractivity contribution in [2.24, 2.45) is 4.99 Å². The Hall–Kier alpha value is -2.04. The molecule has 0 atom stereocenters. The number of methoxy groups -OCH3 is 1. The van der Waals surface area contributed by atoms with Crippen molar-refractivity contribution in [1.82, 2.24) is 10.2 Å². The summed E-state index contributed by atoms with van der Waals surface area (Å²) in [4.78, 5) is 6.85. The lowest BCUT2D eigenvalue weighted by Crippen LogP contribution is -2.30. The maximum atomic E-state index is 5.95. The highest BCUT2D eigenvalue weighted by atomic mass is 127. The lowest BCUT2D eigenvalue weighted by molar-refractivity contribution is 0.172. The van der Waals surface area contributed by atoms with E-state index in [4.69, 9.17) is 19.2 Å². The third-order valence-electron chi connectivity index (χ3n) is 4.38. The second kappa shape index (κ2) is 16.6. The molecule has 178 valence electrons. The van der Waals surface area contributed by atoms with Crippen LogP contribution in [0.2, 0.25) is 0 Å². The predicted octanol–water partition coefficient (Wildman–Crippen LogP) is 4.24. The van der Waals surface area contributed by atoms with Crippen LogP contribution >= 0.6 is 24.0 Å². The molecule has 0 spiro atoms. The number of rotatable bonds is 13. The van der Waals surface area contributed by atoms with Crippen LogP contribution in [0.5, 0.6) is 11.5 Å². The molecular formula is C24H37IN4O3. The van der Waals surface area contributed by atoms with E-state index in [1.165, 1.54) is 0 Å². The molecule has 2 N–H and O–H groups in total. The molecule has 0 heterocycles. The molecule has 0 aliphatic heterocycles. The number of anilines is 1. The minimum absolute atomic E-state index is 0. The summed E-state index contributed by atoms with van der Waals surface area (Å²) in [5.41, 5.74) is 1.97. The number of aliphatic imine (C=N–C) groups is 1. The molecule has 0 bridgehead atoms. The molecule has 0 aliphatic carbocycles. The van der Waals surface area contributed by atoms with Crippen LogP contribution in [-0.4, -0.2) is 65.0 Å². The smallest absolute Gasteiger partial charge is 0.196 e. The molecule has 0 fully saturated rings. The van der Waals surface area contributed by atoms with Gasteiger partial charge in [-0.25, -0.2) is 4.99 Å². The van der Waals surface area contributed by atoms with Crippen molar-refractivity contribution < 1.29 is 14.2 Å². The Balaban J connectivity index is 0.00000512. The van der Waals surface area contributed by atoms with E-state index in [1.54, 1.807) is 7.11 Å². The van der Waals surface area contributed by atoms with Gasteiger partial charge in [-0.2, -0.15) is 0 Å². The van der Waals surface area contributed by atoms with E-state index in [-0.39, 0.29) is 24.0 Å².